The highest BCUT2D eigenvalue weighted by Gasteiger charge is 2.23. The molecule has 2 aromatic heterocycles. The molecule has 0 radical (unpaired) electrons. The third kappa shape index (κ3) is 4.61. The number of rotatable bonds is 2. The van der Waals surface area contributed by atoms with Crippen molar-refractivity contribution < 1.29 is 9.32 Å². The molecule has 1 aromatic carbocycles. The van der Waals surface area contributed by atoms with Crippen molar-refractivity contribution in [1.82, 2.24) is 15.0 Å². The molecule has 0 saturated carbocycles. The molecule has 5 nitrogen and oxygen atoms in total. The second-order valence-corrected chi connectivity index (χ2v) is 6.97. The molecule has 5 heteroatoms. The lowest BCUT2D eigenvalue weighted by atomic mass is 10.0. The number of likely N-dealkylation sites (tertiary alicyclic amines) is 1. The van der Waals surface area contributed by atoms with E-state index < -0.39 is 0 Å². The highest BCUT2D eigenvalue weighted by Crippen LogP contribution is 2.22. The van der Waals surface area contributed by atoms with Crippen LogP contribution in [0.3, 0.4) is 0 Å². The highest BCUT2D eigenvalue weighted by molar-refractivity contribution is 5.93. The van der Waals surface area contributed by atoms with Crippen molar-refractivity contribution in [2.45, 2.75) is 19.8 Å². The van der Waals surface area contributed by atoms with Gasteiger partial charge in [-0.3, -0.25) is 4.79 Å². The lowest BCUT2D eigenvalue weighted by molar-refractivity contribution is 0.0733. The van der Waals surface area contributed by atoms with Gasteiger partial charge in [0.15, 0.2) is 11.5 Å². The quantitative estimate of drug-likeness (QED) is 0.621. The van der Waals surface area contributed by atoms with Crippen molar-refractivity contribution in [1.29, 1.82) is 0 Å². The van der Waals surface area contributed by atoms with Crippen molar-refractivity contribution in [3.05, 3.63) is 83.3 Å². The predicted octanol–water partition coefficient (Wildman–Crippen LogP) is 4.26. The molecule has 0 atom stereocenters. The average Bonchev–Trinajstić information content (AvgIpc) is 3.25. The van der Waals surface area contributed by atoms with E-state index in [0.29, 0.717) is 24.5 Å². The minimum absolute atomic E-state index is 0.0926. The SMILES string of the molecule is Cc1cccc(C#CC=C2CCN(C(=O)c3cc(-c4ccccc4)on3)CC2)n1. The molecular weight excluding hydrogens is 362 g/mol. The van der Waals surface area contributed by atoms with E-state index in [9.17, 15) is 4.79 Å². The summed E-state index contributed by atoms with van der Waals surface area (Å²) in [5.41, 5.74) is 4.24. The van der Waals surface area contributed by atoms with Crippen molar-refractivity contribution >= 4 is 5.91 Å². The van der Waals surface area contributed by atoms with Gasteiger partial charge in [0, 0.05) is 30.4 Å². The Balaban J connectivity index is 1.36. The molecule has 1 aliphatic rings. The van der Waals surface area contributed by atoms with E-state index in [4.69, 9.17) is 4.52 Å². The van der Waals surface area contributed by atoms with Crippen LogP contribution in [0.25, 0.3) is 11.3 Å². The van der Waals surface area contributed by atoms with Crippen LogP contribution < -0.4 is 0 Å². The molecular formula is C24H21N3O2. The van der Waals surface area contributed by atoms with E-state index in [0.717, 1.165) is 29.8 Å². The van der Waals surface area contributed by atoms with Gasteiger partial charge in [-0.2, -0.15) is 0 Å². The lowest BCUT2D eigenvalue weighted by Gasteiger charge is -2.27. The number of carbonyl (C=O) groups is 1. The van der Waals surface area contributed by atoms with E-state index in [1.807, 2.05) is 66.4 Å². The zero-order valence-corrected chi connectivity index (χ0v) is 16.3. The summed E-state index contributed by atoms with van der Waals surface area (Å²) >= 11 is 0. The van der Waals surface area contributed by atoms with Gasteiger partial charge in [0.2, 0.25) is 0 Å². The summed E-state index contributed by atoms with van der Waals surface area (Å²) in [5.74, 6) is 6.67. The van der Waals surface area contributed by atoms with Gasteiger partial charge in [-0.1, -0.05) is 53.0 Å². The van der Waals surface area contributed by atoms with Crippen LogP contribution in [0.5, 0.6) is 0 Å². The molecule has 1 fully saturated rings. The smallest absolute Gasteiger partial charge is 0.276 e. The summed E-state index contributed by atoms with van der Waals surface area (Å²) in [6.45, 7) is 3.26. The monoisotopic (exact) mass is 383 g/mol. The molecule has 0 bridgehead atoms. The van der Waals surface area contributed by atoms with E-state index in [1.54, 1.807) is 6.07 Å². The number of aromatic nitrogens is 2. The number of hydrogen-bond acceptors (Lipinski definition) is 4. The summed E-state index contributed by atoms with van der Waals surface area (Å²) in [6, 6.07) is 17.2. The summed E-state index contributed by atoms with van der Waals surface area (Å²) in [6.07, 6.45) is 3.57. The molecule has 1 aliphatic heterocycles. The van der Waals surface area contributed by atoms with Gasteiger partial charge in [0.05, 0.1) is 0 Å². The molecule has 0 spiro atoms. The Hall–Kier alpha value is -3.65. The zero-order chi connectivity index (χ0) is 20.1. The number of aryl methyl sites for hydroxylation is 1. The van der Waals surface area contributed by atoms with Crippen LogP contribution in [0.15, 0.2) is 70.8 Å². The third-order valence-corrected chi connectivity index (χ3v) is 4.85. The Bertz CT molecular complexity index is 1090. The maximum absolute atomic E-state index is 12.7. The number of benzene rings is 1. The van der Waals surface area contributed by atoms with Crippen molar-refractivity contribution in [3.63, 3.8) is 0 Å². The number of nitrogens with zero attached hydrogens (tertiary/aromatic N) is 3. The molecule has 3 aromatic rings. The maximum Gasteiger partial charge on any atom is 0.276 e. The minimum Gasteiger partial charge on any atom is -0.355 e. The standard InChI is InChI=1S/C24H21N3O2/c1-18-7-5-11-21(25-18)12-6-8-19-13-15-27(16-14-19)24(28)22-17-23(29-26-22)20-9-3-2-4-10-20/h2-5,7-11,17H,13-16H2,1H3. The van der Waals surface area contributed by atoms with Gasteiger partial charge in [-0.25, -0.2) is 4.98 Å². The van der Waals surface area contributed by atoms with Crippen molar-refractivity contribution in [2.75, 3.05) is 13.1 Å². The second kappa shape index (κ2) is 8.57. The average molecular weight is 383 g/mol. The molecule has 0 aliphatic carbocycles. The van der Waals surface area contributed by atoms with E-state index >= 15 is 0 Å². The van der Waals surface area contributed by atoms with Gasteiger partial charge in [-0.05, 0) is 43.9 Å². The van der Waals surface area contributed by atoms with Gasteiger partial charge in [-0.15, -0.1) is 0 Å². The van der Waals surface area contributed by atoms with Gasteiger partial charge in [0.1, 0.15) is 5.69 Å². The Morgan fingerprint density at radius 3 is 2.66 bits per heavy atom. The fourth-order valence-electron chi connectivity index (χ4n) is 3.24. The van der Waals surface area contributed by atoms with E-state index in [2.05, 4.69) is 22.0 Å². The van der Waals surface area contributed by atoms with Crippen LogP contribution in [0, 0.1) is 18.8 Å². The molecule has 3 heterocycles. The molecule has 0 N–H and O–H groups in total. The van der Waals surface area contributed by atoms with Crippen LogP contribution >= 0.6 is 0 Å². The van der Waals surface area contributed by atoms with Gasteiger partial charge in [0.25, 0.3) is 5.91 Å². The Labute approximate surface area is 170 Å². The first-order valence-corrected chi connectivity index (χ1v) is 9.63. The topological polar surface area (TPSA) is 59.2 Å². The lowest BCUT2D eigenvalue weighted by Crippen LogP contribution is -2.36. The summed E-state index contributed by atoms with van der Waals surface area (Å²) < 4.78 is 5.35. The highest BCUT2D eigenvalue weighted by atomic mass is 16.5. The third-order valence-electron chi connectivity index (χ3n) is 4.85. The summed E-state index contributed by atoms with van der Waals surface area (Å²) in [4.78, 5) is 18.9. The largest absolute Gasteiger partial charge is 0.355 e. The fraction of sp³-hybridized carbons (Fsp3) is 0.208. The van der Waals surface area contributed by atoms with Crippen molar-refractivity contribution in [3.8, 4) is 23.2 Å². The first-order valence-electron chi connectivity index (χ1n) is 9.63. The number of pyridine rings is 1. The normalized spacial score (nSPS) is 13.6. The first kappa shape index (κ1) is 18.7. The molecule has 29 heavy (non-hydrogen) atoms. The van der Waals surface area contributed by atoms with Gasteiger partial charge >= 0.3 is 0 Å². The molecule has 144 valence electrons. The number of amides is 1. The van der Waals surface area contributed by atoms with E-state index in [1.165, 1.54) is 5.57 Å². The Morgan fingerprint density at radius 1 is 1.10 bits per heavy atom. The minimum atomic E-state index is -0.0926. The summed E-state index contributed by atoms with van der Waals surface area (Å²) in [5, 5.41) is 3.97. The Kier molecular flexibility index (Phi) is 5.53. The zero-order valence-electron chi connectivity index (χ0n) is 16.3. The summed E-state index contributed by atoms with van der Waals surface area (Å²) in [7, 11) is 0. The number of carbonyl (C=O) groups excluding carboxylic acids is 1. The Morgan fingerprint density at radius 2 is 1.90 bits per heavy atom. The van der Waals surface area contributed by atoms with Crippen LogP contribution in [-0.2, 0) is 0 Å². The van der Waals surface area contributed by atoms with Crippen LogP contribution in [0.1, 0.15) is 34.7 Å². The molecule has 1 amide bonds. The number of allylic oxidation sites excluding steroid dienone is 1. The molecule has 1 saturated heterocycles. The number of hydrogen-bond donors (Lipinski definition) is 0. The number of piperidine rings is 1. The van der Waals surface area contributed by atoms with Crippen LogP contribution in [0.4, 0.5) is 0 Å². The predicted molar refractivity (Wildman–Crippen MR) is 111 cm³/mol. The van der Waals surface area contributed by atoms with Crippen molar-refractivity contribution in [2.24, 2.45) is 0 Å². The first-order chi connectivity index (χ1) is 14.2. The molecule has 0 unspecified atom stereocenters. The maximum atomic E-state index is 12.7. The van der Waals surface area contributed by atoms with Crippen LogP contribution in [-0.4, -0.2) is 34.0 Å². The van der Waals surface area contributed by atoms with Crippen LogP contribution in [0.2, 0.25) is 0 Å². The molecule has 4 rings (SSSR count). The van der Waals surface area contributed by atoms with Gasteiger partial charge < -0.3 is 9.42 Å². The fourth-order valence-corrected chi connectivity index (χ4v) is 3.24. The van der Waals surface area contributed by atoms with E-state index in [-0.39, 0.29) is 5.91 Å². The second-order valence-electron chi connectivity index (χ2n) is 6.97.